The van der Waals surface area contributed by atoms with E-state index in [1.807, 2.05) is 28.3 Å². The van der Waals surface area contributed by atoms with Gasteiger partial charge in [-0.1, -0.05) is 49.7 Å². The Bertz CT molecular complexity index is 1090. The van der Waals surface area contributed by atoms with Crippen LogP contribution in [0.2, 0.25) is 0 Å². The van der Waals surface area contributed by atoms with Crippen LogP contribution in [0.5, 0.6) is 0 Å². The van der Waals surface area contributed by atoms with E-state index < -0.39 is 0 Å². The third-order valence-corrected chi connectivity index (χ3v) is 6.38. The SMILES string of the molecule is Cc1ccc(-c2nc3n(n2)C(c2cccs2)C2=C(CC(C)(C)CC2=O)N3)cc1. The second kappa shape index (κ2) is 6.14. The van der Waals surface area contributed by atoms with Gasteiger partial charge in [-0.05, 0) is 30.2 Å². The number of thiophene rings is 1. The maximum absolute atomic E-state index is 13.1. The number of benzene rings is 1. The topological polar surface area (TPSA) is 59.8 Å². The number of aryl methyl sites for hydroxylation is 1. The van der Waals surface area contributed by atoms with E-state index in [1.54, 1.807) is 11.3 Å². The lowest BCUT2D eigenvalue weighted by Crippen LogP contribution is -2.36. The van der Waals surface area contributed by atoms with Gasteiger partial charge in [0.2, 0.25) is 5.95 Å². The van der Waals surface area contributed by atoms with Crippen LogP contribution in [0.15, 0.2) is 53.0 Å². The summed E-state index contributed by atoms with van der Waals surface area (Å²) in [6, 6.07) is 12.1. The summed E-state index contributed by atoms with van der Waals surface area (Å²) in [7, 11) is 0. The van der Waals surface area contributed by atoms with E-state index in [4.69, 9.17) is 10.1 Å². The van der Waals surface area contributed by atoms with Crippen molar-refractivity contribution in [1.82, 2.24) is 14.8 Å². The number of fused-ring (bicyclic) bond motifs is 1. The average Bonchev–Trinajstić information content (AvgIpc) is 3.29. The fourth-order valence-electron chi connectivity index (χ4n) is 4.14. The van der Waals surface area contributed by atoms with E-state index in [0.29, 0.717) is 18.2 Å². The molecule has 3 aromatic rings. The number of nitrogens with zero attached hydrogens (tertiary/aromatic N) is 3. The Balaban J connectivity index is 1.66. The summed E-state index contributed by atoms with van der Waals surface area (Å²) >= 11 is 1.65. The molecule has 0 saturated heterocycles. The molecule has 1 N–H and O–H groups in total. The van der Waals surface area contributed by atoms with E-state index in [0.717, 1.165) is 28.1 Å². The van der Waals surface area contributed by atoms with Gasteiger partial charge >= 0.3 is 0 Å². The summed E-state index contributed by atoms with van der Waals surface area (Å²) in [5.74, 6) is 1.59. The van der Waals surface area contributed by atoms with Gasteiger partial charge in [0.05, 0.1) is 0 Å². The summed E-state index contributed by atoms with van der Waals surface area (Å²) in [5, 5.41) is 10.3. The molecule has 0 spiro atoms. The molecule has 0 fully saturated rings. The molecule has 142 valence electrons. The summed E-state index contributed by atoms with van der Waals surface area (Å²) in [6.07, 6.45) is 1.40. The lowest BCUT2D eigenvalue weighted by Gasteiger charge is -2.37. The van der Waals surface area contributed by atoms with Crippen molar-refractivity contribution >= 4 is 23.1 Å². The number of anilines is 1. The first-order chi connectivity index (χ1) is 13.4. The summed E-state index contributed by atoms with van der Waals surface area (Å²) in [6.45, 7) is 6.36. The minimum absolute atomic E-state index is 0.0507. The number of aromatic nitrogens is 3. The van der Waals surface area contributed by atoms with E-state index in [1.165, 1.54) is 5.56 Å². The Morgan fingerprint density at radius 3 is 2.68 bits per heavy atom. The predicted octanol–water partition coefficient (Wildman–Crippen LogP) is 4.97. The predicted molar refractivity (Wildman–Crippen MR) is 111 cm³/mol. The number of carbonyl (C=O) groups excluding carboxylic acids is 1. The van der Waals surface area contributed by atoms with E-state index in [-0.39, 0.29) is 17.2 Å². The largest absolute Gasteiger partial charge is 0.328 e. The molecule has 2 aromatic heterocycles. The van der Waals surface area contributed by atoms with Crippen LogP contribution in [0.3, 0.4) is 0 Å². The Morgan fingerprint density at radius 2 is 1.96 bits per heavy atom. The molecule has 3 heterocycles. The zero-order valence-corrected chi connectivity index (χ0v) is 17.0. The molecule has 5 rings (SSSR count). The second-order valence-electron chi connectivity index (χ2n) is 8.45. The van der Waals surface area contributed by atoms with Crippen LogP contribution < -0.4 is 5.32 Å². The van der Waals surface area contributed by atoms with Crippen LogP contribution in [0.4, 0.5) is 5.95 Å². The van der Waals surface area contributed by atoms with Crippen molar-refractivity contribution in [2.45, 2.75) is 39.7 Å². The molecular weight excluding hydrogens is 368 g/mol. The number of allylic oxidation sites excluding steroid dienone is 2. The fraction of sp³-hybridized carbons (Fsp3) is 0.318. The second-order valence-corrected chi connectivity index (χ2v) is 9.43. The van der Waals surface area contributed by atoms with Gasteiger partial charge in [-0.15, -0.1) is 16.4 Å². The molecule has 0 bridgehead atoms. The van der Waals surface area contributed by atoms with Gasteiger partial charge in [-0.3, -0.25) is 4.79 Å². The molecule has 1 atom stereocenters. The molecule has 6 heteroatoms. The molecule has 0 amide bonds. The molecule has 0 radical (unpaired) electrons. The van der Waals surface area contributed by atoms with Crippen molar-refractivity contribution in [3.63, 3.8) is 0 Å². The fourth-order valence-corrected chi connectivity index (χ4v) is 4.96. The number of carbonyl (C=O) groups is 1. The molecule has 0 saturated carbocycles. The highest BCUT2D eigenvalue weighted by Gasteiger charge is 2.42. The maximum Gasteiger partial charge on any atom is 0.226 e. The third-order valence-electron chi connectivity index (χ3n) is 5.45. The highest BCUT2D eigenvalue weighted by atomic mass is 32.1. The highest BCUT2D eigenvalue weighted by molar-refractivity contribution is 7.10. The molecule has 2 aliphatic rings. The van der Waals surface area contributed by atoms with Crippen LogP contribution in [-0.4, -0.2) is 20.5 Å². The smallest absolute Gasteiger partial charge is 0.226 e. The van der Waals surface area contributed by atoms with Crippen LogP contribution in [0, 0.1) is 12.3 Å². The van der Waals surface area contributed by atoms with Crippen LogP contribution in [-0.2, 0) is 4.79 Å². The number of rotatable bonds is 2. The Kier molecular flexibility index (Phi) is 3.81. The highest BCUT2D eigenvalue weighted by Crippen LogP contribution is 2.46. The van der Waals surface area contributed by atoms with Gasteiger partial charge in [0, 0.05) is 28.1 Å². The summed E-state index contributed by atoms with van der Waals surface area (Å²) in [4.78, 5) is 19.0. The van der Waals surface area contributed by atoms with Crippen molar-refractivity contribution < 1.29 is 4.79 Å². The van der Waals surface area contributed by atoms with Crippen molar-refractivity contribution in [3.05, 3.63) is 63.5 Å². The quantitative estimate of drug-likeness (QED) is 0.671. The van der Waals surface area contributed by atoms with Gasteiger partial charge in [-0.25, -0.2) is 4.68 Å². The minimum atomic E-state index is -0.207. The Labute approximate surface area is 168 Å². The number of hydrogen-bond donors (Lipinski definition) is 1. The molecule has 1 unspecified atom stereocenters. The lowest BCUT2D eigenvalue weighted by atomic mass is 9.73. The van der Waals surface area contributed by atoms with E-state index >= 15 is 0 Å². The summed E-state index contributed by atoms with van der Waals surface area (Å²) in [5.41, 5.74) is 3.96. The van der Waals surface area contributed by atoms with Crippen LogP contribution in [0.25, 0.3) is 11.4 Å². The first kappa shape index (κ1) is 17.4. The average molecular weight is 391 g/mol. The normalized spacial score (nSPS) is 20.5. The van der Waals surface area contributed by atoms with Crippen LogP contribution in [0.1, 0.15) is 43.2 Å². The Morgan fingerprint density at radius 1 is 1.18 bits per heavy atom. The van der Waals surface area contributed by atoms with Gasteiger partial charge in [-0.2, -0.15) is 4.98 Å². The molecule has 1 aliphatic heterocycles. The number of ketones is 1. The first-order valence-corrected chi connectivity index (χ1v) is 10.4. The number of Topliss-reactive ketones (excluding diaryl/α,β-unsaturated/α-hetero) is 1. The van der Waals surface area contributed by atoms with Crippen molar-refractivity contribution in [1.29, 1.82) is 0 Å². The molecular formula is C22H22N4OS. The van der Waals surface area contributed by atoms with E-state index in [9.17, 15) is 4.79 Å². The number of hydrogen-bond acceptors (Lipinski definition) is 5. The van der Waals surface area contributed by atoms with Gasteiger partial charge in [0.1, 0.15) is 6.04 Å². The van der Waals surface area contributed by atoms with Crippen LogP contribution >= 0.6 is 11.3 Å². The van der Waals surface area contributed by atoms with Crippen molar-refractivity contribution in [2.75, 3.05) is 5.32 Å². The summed E-state index contributed by atoms with van der Waals surface area (Å²) < 4.78 is 1.88. The lowest BCUT2D eigenvalue weighted by molar-refractivity contribution is -0.118. The Hall–Kier alpha value is -2.73. The monoisotopic (exact) mass is 390 g/mol. The minimum Gasteiger partial charge on any atom is -0.328 e. The molecule has 1 aliphatic carbocycles. The maximum atomic E-state index is 13.1. The van der Waals surface area contributed by atoms with Crippen molar-refractivity contribution in [3.8, 4) is 11.4 Å². The third kappa shape index (κ3) is 2.79. The number of nitrogens with one attached hydrogen (secondary N) is 1. The molecule has 5 nitrogen and oxygen atoms in total. The first-order valence-electron chi connectivity index (χ1n) is 9.51. The standard InChI is InChI=1S/C22H22N4OS/c1-13-6-8-14(9-7-13)20-24-21-23-15-11-22(2,3)12-16(27)18(15)19(26(21)25-20)17-5-4-10-28-17/h4-10,19H,11-12H2,1-3H3,(H,23,24,25). The van der Waals surface area contributed by atoms with E-state index in [2.05, 4.69) is 44.3 Å². The van der Waals surface area contributed by atoms with Gasteiger partial charge < -0.3 is 5.32 Å². The van der Waals surface area contributed by atoms with Gasteiger partial charge in [0.15, 0.2) is 11.6 Å². The van der Waals surface area contributed by atoms with Crippen molar-refractivity contribution in [2.24, 2.45) is 5.41 Å². The molecule has 1 aromatic carbocycles. The zero-order valence-electron chi connectivity index (χ0n) is 16.2. The zero-order chi connectivity index (χ0) is 19.5. The molecule has 28 heavy (non-hydrogen) atoms. The van der Waals surface area contributed by atoms with Gasteiger partial charge in [0.25, 0.3) is 0 Å².